The number of halogens is 3. The molecule has 0 aromatic carbocycles. The van der Waals surface area contributed by atoms with Gasteiger partial charge in [0.1, 0.15) is 10.7 Å². The van der Waals surface area contributed by atoms with E-state index in [1.165, 1.54) is 0 Å². The Balaban J connectivity index is 3.24. The van der Waals surface area contributed by atoms with Gasteiger partial charge in [-0.3, -0.25) is 4.79 Å². The first-order valence-corrected chi connectivity index (χ1v) is 5.81. The van der Waals surface area contributed by atoms with Gasteiger partial charge in [-0.2, -0.15) is 5.26 Å². The Kier molecular flexibility index (Phi) is 5.16. The molecule has 0 aliphatic carbocycles. The summed E-state index contributed by atoms with van der Waals surface area (Å²) in [4.78, 5) is 15.1. The molecule has 0 radical (unpaired) electrons. The van der Waals surface area contributed by atoms with E-state index in [4.69, 9.17) is 10.00 Å². The van der Waals surface area contributed by atoms with Gasteiger partial charge < -0.3 is 4.74 Å². The van der Waals surface area contributed by atoms with Gasteiger partial charge in [0.05, 0.1) is 18.6 Å². The highest BCUT2D eigenvalue weighted by Crippen LogP contribution is 2.30. The van der Waals surface area contributed by atoms with E-state index in [1.54, 1.807) is 13.0 Å². The van der Waals surface area contributed by atoms with Gasteiger partial charge in [0.15, 0.2) is 0 Å². The van der Waals surface area contributed by atoms with Gasteiger partial charge in [-0.05, 0) is 22.9 Å². The third-order valence-electron chi connectivity index (χ3n) is 2.14. The zero-order chi connectivity index (χ0) is 13.7. The summed E-state index contributed by atoms with van der Waals surface area (Å²) in [6.07, 6.45) is -2.17. The largest absolute Gasteiger partial charge is 0.466 e. The van der Waals surface area contributed by atoms with Crippen molar-refractivity contribution in [2.24, 2.45) is 0 Å². The summed E-state index contributed by atoms with van der Waals surface area (Å²) >= 11 is 3.00. The lowest BCUT2D eigenvalue weighted by atomic mass is 10.0. The van der Waals surface area contributed by atoms with Crippen LogP contribution in [0.2, 0.25) is 0 Å². The Hall–Kier alpha value is -1.55. The first-order valence-electron chi connectivity index (χ1n) is 5.02. The number of carbonyl (C=O) groups is 1. The molecule has 0 atom stereocenters. The van der Waals surface area contributed by atoms with Crippen LogP contribution in [0.5, 0.6) is 0 Å². The number of hydrogen-bond donors (Lipinski definition) is 0. The third kappa shape index (κ3) is 3.23. The van der Waals surface area contributed by atoms with Crippen LogP contribution >= 0.6 is 15.9 Å². The van der Waals surface area contributed by atoms with Gasteiger partial charge in [0.25, 0.3) is 6.43 Å². The minimum atomic E-state index is -2.86. The van der Waals surface area contributed by atoms with Crippen LogP contribution in [0.15, 0.2) is 10.8 Å². The maximum atomic E-state index is 12.9. The fourth-order valence-electron chi connectivity index (χ4n) is 1.41. The average Bonchev–Trinajstić information content (AvgIpc) is 2.31. The number of alkyl halides is 2. The summed E-state index contributed by atoms with van der Waals surface area (Å²) in [5, 5.41) is 8.77. The lowest BCUT2D eigenvalue weighted by molar-refractivity contribution is -0.142. The molecule has 1 aromatic heterocycles. The molecule has 1 rings (SSSR count). The Morgan fingerprint density at radius 2 is 2.33 bits per heavy atom. The summed E-state index contributed by atoms with van der Waals surface area (Å²) in [5.74, 6) is -0.642. The molecule has 18 heavy (non-hydrogen) atoms. The zero-order valence-electron chi connectivity index (χ0n) is 9.41. The lowest BCUT2D eigenvalue weighted by Gasteiger charge is -2.11. The summed E-state index contributed by atoms with van der Waals surface area (Å²) in [6, 6.07) is 1.63. The quantitative estimate of drug-likeness (QED) is 0.632. The first kappa shape index (κ1) is 14.5. The molecule has 0 fully saturated rings. The van der Waals surface area contributed by atoms with E-state index in [1.807, 2.05) is 0 Å². The van der Waals surface area contributed by atoms with E-state index in [-0.39, 0.29) is 28.8 Å². The highest BCUT2D eigenvalue weighted by molar-refractivity contribution is 9.10. The fourth-order valence-corrected chi connectivity index (χ4v) is 1.86. The Morgan fingerprint density at radius 3 is 2.83 bits per heavy atom. The summed E-state index contributed by atoms with van der Waals surface area (Å²) in [5.41, 5.74) is -0.734. The molecular formula is C11H9BrF2N2O2. The first-order chi connectivity index (χ1) is 8.51. The molecule has 0 amide bonds. The van der Waals surface area contributed by atoms with Gasteiger partial charge in [0, 0.05) is 17.3 Å². The predicted molar refractivity (Wildman–Crippen MR) is 61.9 cm³/mol. The number of pyridine rings is 1. The number of carbonyl (C=O) groups excluding carboxylic acids is 1. The lowest BCUT2D eigenvalue weighted by Crippen LogP contribution is -2.12. The molecule has 4 nitrogen and oxygen atoms in total. The molecule has 0 aliphatic rings. The van der Waals surface area contributed by atoms with Gasteiger partial charge in [-0.15, -0.1) is 0 Å². The van der Waals surface area contributed by atoms with Crippen LogP contribution in [0.25, 0.3) is 0 Å². The number of ether oxygens (including phenoxy) is 1. The number of nitrogens with zero attached hydrogens (tertiary/aromatic N) is 2. The van der Waals surface area contributed by atoms with Crippen molar-refractivity contribution in [1.29, 1.82) is 5.26 Å². The molecule has 7 heteroatoms. The van der Waals surface area contributed by atoms with Crippen molar-refractivity contribution in [2.45, 2.75) is 19.8 Å². The zero-order valence-corrected chi connectivity index (χ0v) is 11.0. The van der Waals surface area contributed by atoms with Gasteiger partial charge in [-0.1, -0.05) is 0 Å². The van der Waals surface area contributed by atoms with Crippen molar-refractivity contribution in [3.63, 3.8) is 0 Å². The topological polar surface area (TPSA) is 63.0 Å². The number of nitriles is 1. The van der Waals surface area contributed by atoms with Crippen molar-refractivity contribution in [3.8, 4) is 6.07 Å². The maximum Gasteiger partial charge on any atom is 0.310 e. The van der Waals surface area contributed by atoms with Crippen molar-refractivity contribution in [3.05, 3.63) is 27.5 Å². The minimum Gasteiger partial charge on any atom is -0.466 e. The molecule has 1 heterocycles. The van der Waals surface area contributed by atoms with Crippen molar-refractivity contribution in [1.82, 2.24) is 4.98 Å². The second-order valence-corrected chi connectivity index (χ2v) is 4.00. The van der Waals surface area contributed by atoms with E-state index in [0.717, 1.165) is 6.20 Å². The monoisotopic (exact) mass is 318 g/mol. The summed E-state index contributed by atoms with van der Waals surface area (Å²) in [6.45, 7) is 1.77. The number of esters is 1. The molecule has 1 aromatic rings. The molecule has 0 spiro atoms. The Bertz CT molecular complexity index is 501. The van der Waals surface area contributed by atoms with E-state index in [9.17, 15) is 13.6 Å². The normalized spacial score (nSPS) is 10.2. The van der Waals surface area contributed by atoms with E-state index in [0.29, 0.717) is 0 Å². The Labute approximate surface area is 111 Å². The van der Waals surface area contributed by atoms with Crippen molar-refractivity contribution < 1.29 is 18.3 Å². The standard InChI is InChI=1S/C11H9BrF2N2O2/c1-2-18-8(17)3-7-9(11(13)14)6(4-15)5-16-10(7)12/h5,11H,2-3H2,1H3. The van der Waals surface area contributed by atoms with Gasteiger partial charge >= 0.3 is 5.97 Å². The van der Waals surface area contributed by atoms with Crippen LogP contribution in [-0.4, -0.2) is 17.6 Å². The molecule has 0 bridgehead atoms. The number of hydrogen-bond acceptors (Lipinski definition) is 4. The van der Waals surface area contributed by atoms with E-state index >= 15 is 0 Å². The summed E-state index contributed by atoms with van der Waals surface area (Å²) in [7, 11) is 0. The van der Waals surface area contributed by atoms with Crippen LogP contribution in [0.1, 0.15) is 30.0 Å². The molecule has 0 aliphatic heterocycles. The Morgan fingerprint density at radius 1 is 1.67 bits per heavy atom. The van der Waals surface area contributed by atoms with E-state index in [2.05, 4.69) is 20.9 Å². The van der Waals surface area contributed by atoms with Crippen LogP contribution < -0.4 is 0 Å². The second kappa shape index (κ2) is 6.40. The van der Waals surface area contributed by atoms with Crippen LogP contribution in [-0.2, 0) is 16.0 Å². The van der Waals surface area contributed by atoms with Gasteiger partial charge in [0.2, 0.25) is 0 Å². The van der Waals surface area contributed by atoms with Crippen molar-refractivity contribution in [2.75, 3.05) is 6.61 Å². The number of aromatic nitrogens is 1. The molecule has 96 valence electrons. The van der Waals surface area contributed by atoms with Crippen LogP contribution in [0, 0.1) is 11.3 Å². The van der Waals surface area contributed by atoms with Gasteiger partial charge in [-0.25, -0.2) is 13.8 Å². The SMILES string of the molecule is CCOC(=O)Cc1c(Br)ncc(C#N)c1C(F)F. The molecule has 0 N–H and O–H groups in total. The molecule has 0 saturated heterocycles. The fraction of sp³-hybridized carbons (Fsp3) is 0.364. The second-order valence-electron chi connectivity index (χ2n) is 3.25. The van der Waals surface area contributed by atoms with Crippen LogP contribution in [0.3, 0.4) is 0 Å². The van der Waals surface area contributed by atoms with Crippen LogP contribution in [0.4, 0.5) is 8.78 Å². The average molecular weight is 319 g/mol. The highest BCUT2D eigenvalue weighted by atomic mass is 79.9. The van der Waals surface area contributed by atoms with E-state index < -0.39 is 18.0 Å². The highest BCUT2D eigenvalue weighted by Gasteiger charge is 2.23. The molecule has 0 saturated carbocycles. The number of rotatable bonds is 4. The smallest absolute Gasteiger partial charge is 0.310 e. The molecular weight excluding hydrogens is 310 g/mol. The van der Waals surface area contributed by atoms with Crippen molar-refractivity contribution >= 4 is 21.9 Å². The maximum absolute atomic E-state index is 12.9. The third-order valence-corrected chi connectivity index (χ3v) is 2.82. The summed E-state index contributed by atoms with van der Waals surface area (Å²) < 4.78 is 30.7. The predicted octanol–water partition coefficient (Wildman–Crippen LogP) is 2.76. The minimum absolute atomic E-state index is 0.0116. The molecule has 0 unspecified atom stereocenters.